The molecule has 0 fully saturated rings. The summed E-state index contributed by atoms with van der Waals surface area (Å²) in [5.41, 5.74) is 0. The standard InChI is InChI=1S/C21H43/c1-5-9-11-12-14-18-21(16-8-4)19-20(15-7-3)17-13-10-6-2/h19-21H,5-18H2,1-4H3. The Balaban J connectivity index is 4.02. The van der Waals surface area contributed by atoms with E-state index in [0.29, 0.717) is 0 Å². The van der Waals surface area contributed by atoms with E-state index in [1.54, 1.807) is 0 Å². The lowest BCUT2D eigenvalue weighted by Crippen LogP contribution is -2.11. The highest BCUT2D eigenvalue weighted by atomic mass is 14.2. The quantitative estimate of drug-likeness (QED) is 0.253. The molecule has 0 aromatic heterocycles. The van der Waals surface area contributed by atoms with Crippen molar-refractivity contribution in [3.63, 3.8) is 0 Å². The van der Waals surface area contributed by atoms with Crippen LogP contribution in [-0.4, -0.2) is 0 Å². The van der Waals surface area contributed by atoms with Gasteiger partial charge in [-0.2, -0.15) is 0 Å². The molecule has 0 saturated heterocycles. The average molecular weight is 296 g/mol. The molecule has 0 aliphatic carbocycles. The molecule has 0 aromatic rings. The van der Waals surface area contributed by atoms with Crippen molar-refractivity contribution in [2.45, 2.75) is 118 Å². The zero-order valence-corrected chi connectivity index (χ0v) is 15.6. The van der Waals surface area contributed by atoms with E-state index in [-0.39, 0.29) is 0 Å². The van der Waals surface area contributed by atoms with Gasteiger partial charge < -0.3 is 0 Å². The van der Waals surface area contributed by atoms with Crippen LogP contribution in [0, 0.1) is 18.3 Å². The molecule has 0 nitrogen and oxygen atoms in total. The molecule has 127 valence electrons. The minimum atomic E-state index is 0.897. The summed E-state index contributed by atoms with van der Waals surface area (Å²) in [7, 11) is 0. The topological polar surface area (TPSA) is 0 Å². The third kappa shape index (κ3) is 13.4. The highest BCUT2D eigenvalue weighted by Crippen LogP contribution is 2.28. The fourth-order valence-corrected chi connectivity index (χ4v) is 3.47. The van der Waals surface area contributed by atoms with Crippen molar-refractivity contribution in [3.05, 3.63) is 6.42 Å². The van der Waals surface area contributed by atoms with Crippen LogP contribution < -0.4 is 0 Å². The van der Waals surface area contributed by atoms with E-state index in [4.69, 9.17) is 0 Å². The molecule has 0 aliphatic heterocycles. The first-order valence-electron chi connectivity index (χ1n) is 10.1. The van der Waals surface area contributed by atoms with E-state index in [1.807, 2.05) is 0 Å². The summed E-state index contributed by atoms with van der Waals surface area (Å²) in [5.74, 6) is 1.79. The van der Waals surface area contributed by atoms with E-state index < -0.39 is 0 Å². The lowest BCUT2D eigenvalue weighted by atomic mass is 9.83. The van der Waals surface area contributed by atoms with Crippen molar-refractivity contribution in [3.8, 4) is 0 Å². The van der Waals surface area contributed by atoms with Gasteiger partial charge in [0.2, 0.25) is 0 Å². The molecule has 0 bridgehead atoms. The maximum atomic E-state index is 2.77. The zero-order chi connectivity index (χ0) is 15.8. The fourth-order valence-electron chi connectivity index (χ4n) is 3.47. The van der Waals surface area contributed by atoms with Gasteiger partial charge in [-0.05, 0) is 18.3 Å². The lowest BCUT2D eigenvalue weighted by Gasteiger charge is -2.23. The fraction of sp³-hybridized carbons (Fsp3) is 0.952. The summed E-state index contributed by atoms with van der Waals surface area (Å²) in [6, 6.07) is 0. The Labute approximate surface area is 136 Å². The van der Waals surface area contributed by atoms with E-state index in [9.17, 15) is 0 Å². The smallest absolute Gasteiger partial charge is 0.0324 e. The third-order valence-electron chi connectivity index (χ3n) is 4.72. The molecule has 0 saturated carbocycles. The van der Waals surface area contributed by atoms with Gasteiger partial charge in [-0.1, -0.05) is 118 Å². The Morgan fingerprint density at radius 2 is 0.905 bits per heavy atom. The van der Waals surface area contributed by atoms with Gasteiger partial charge in [0.25, 0.3) is 0 Å². The predicted molar refractivity (Wildman–Crippen MR) is 98.6 cm³/mol. The first-order valence-corrected chi connectivity index (χ1v) is 10.1. The molecular formula is C21H43. The van der Waals surface area contributed by atoms with Gasteiger partial charge in [0, 0.05) is 0 Å². The van der Waals surface area contributed by atoms with Gasteiger partial charge in [-0.3, -0.25) is 0 Å². The minimum Gasteiger partial charge on any atom is -0.0654 e. The minimum absolute atomic E-state index is 0.897. The van der Waals surface area contributed by atoms with Crippen LogP contribution in [-0.2, 0) is 0 Å². The van der Waals surface area contributed by atoms with Gasteiger partial charge in [-0.15, -0.1) is 0 Å². The van der Waals surface area contributed by atoms with Crippen molar-refractivity contribution < 1.29 is 0 Å². The predicted octanol–water partition coefficient (Wildman–Crippen LogP) is 7.96. The average Bonchev–Trinajstić information content (AvgIpc) is 2.47. The molecular weight excluding hydrogens is 252 g/mol. The van der Waals surface area contributed by atoms with Crippen LogP contribution in [0.5, 0.6) is 0 Å². The van der Waals surface area contributed by atoms with Crippen molar-refractivity contribution in [1.82, 2.24) is 0 Å². The van der Waals surface area contributed by atoms with Gasteiger partial charge in [0.05, 0.1) is 0 Å². The molecule has 0 heteroatoms. The van der Waals surface area contributed by atoms with Crippen LogP contribution >= 0.6 is 0 Å². The Hall–Kier alpha value is 0. The maximum absolute atomic E-state index is 2.77. The monoisotopic (exact) mass is 295 g/mol. The summed E-state index contributed by atoms with van der Waals surface area (Å²) >= 11 is 0. The van der Waals surface area contributed by atoms with E-state index in [1.165, 1.54) is 89.9 Å². The molecule has 0 aromatic carbocycles. The molecule has 0 N–H and O–H groups in total. The molecule has 2 atom stereocenters. The Morgan fingerprint density at radius 1 is 0.476 bits per heavy atom. The first-order chi connectivity index (χ1) is 10.3. The van der Waals surface area contributed by atoms with Crippen LogP contribution in [0.2, 0.25) is 0 Å². The van der Waals surface area contributed by atoms with Crippen LogP contribution in [0.15, 0.2) is 0 Å². The highest BCUT2D eigenvalue weighted by molar-refractivity contribution is 4.83. The molecule has 2 unspecified atom stereocenters. The molecule has 0 rings (SSSR count). The second-order valence-corrected chi connectivity index (χ2v) is 6.99. The zero-order valence-electron chi connectivity index (χ0n) is 15.6. The van der Waals surface area contributed by atoms with Crippen molar-refractivity contribution >= 4 is 0 Å². The van der Waals surface area contributed by atoms with E-state index >= 15 is 0 Å². The van der Waals surface area contributed by atoms with Gasteiger partial charge in [0.1, 0.15) is 0 Å². The molecule has 0 spiro atoms. The molecule has 0 heterocycles. The molecule has 0 aliphatic rings. The van der Waals surface area contributed by atoms with Crippen molar-refractivity contribution in [2.75, 3.05) is 0 Å². The third-order valence-corrected chi connectivity index (χ3v) is 4.72. The molecule has 21 heavy (non-hydrogen) atoms. The summed E-state index contributed by atoms with van der Waals surface area (Å²) in [4.78, 5) is 0. The van der Waals surface area contributed by atoms with E-state index in [2.05, 4.69) is 34.1 Å². The van der Waals surface area contributed by atoms with Crippen molar-refractivity contribution in [1.29, 1.82) is 0 Å². The summed E-state index contributed by atoms with van der Waals surface area (Å²) in [6.07, 6.45) is 22.6. The largest absolute Gasteiger partial charge is 0.0654 e. The first kappa shape index (κ1) is 21.0. The van der Waals surface area contributed by atoms with Crippen LogP contribution in [0.1, 0.15) is 118 Å². The van der Waals surface area contributed by atoms with E-state index in [0.717, 1.165) is 11.8 Å². The van der Waals surface area contributed by atoms with Gasteiger partial charge in [-0.25, -0.2) is 0 Å². The van der Waals surface area contributed by atoms with Gasteiger partial charge >= 0.3 is 0 Å². The Kier molecular flexibility index (Phi) is 16.4. The van der Waals surface area contributed by atoms with Crippen molar-refractivity contribution in [2.24, 2.45) is 11.8 Å². The lowest BCUT2D eigenvalue weighted by molar-refractivity contribution is 0.380. The summed E-state index contributed by atoms with van der Waals surface area (Å²) in [6.45, 7) is 9.32. The summed E-state index contributed by atoms with van der Waals surface area (Å²) < 4.78 is 0. The Bertz CT molecular complexity index is 184. The Morgan fingerprint density at radius 3 is 1.38 bits per heavy atom. The number of unbranched alkanes of at least 4 members (excludes halogenated alkanes) is 6. The second kappa shape index (κ2) is 16.4. The van der Waals surface area contributed by atoms with Crippen LogP contribution in [0.4, 0.5) is 0 Å². The molecule has 0 amide bonds. The highest BCUT2D eigenvalue weighted by Gasteiger charge is 2.15. The number of hydrogen-bond donors (Lipinski definition) is 0. The summed E-state index contributed by atoms with van der Waals surface area (Å²) in [5, 5.41) is 0. The maximum Gasteiger partial charge on any atom is -0.0324 e. The normalized spacial score (nSPS) is 14.3. The second-order valence-electron chi connectivity index (χ2n) is 6.99. The van der Waals surface area contributed by atoms with Crippen LogP contribution in [0.25, 0.3) is 0 Å². The van der Waals surface area contributed by atoms with Crippen LogP contribution in [0.3, 0.4) is 0 Å². The number of hydrogen-bond acceptors (Lipinski definition) is 0. The number of rotatable bonds is 16. The SMILES string of the molecule is CCCCCCCC([CH]C(CCC)CCCCC)CCC. The van der Waals surface area contributed by atoms with Gasteiger partial charge in [0.15, 0.2) is 0 Å². The molecule has 1 radical (unpaired) electrons.